The monoisotopic (exact) mass is 208 g/mol. The van der Waals surface area contributed by atoms with Gasteiger partial charge in [0.1, 0.15) is 11.6 Å². The number of hydrogen-bond acceptors (Lipinski definition) is 5. The molecule has 0 amide bonds. The Bertz CT molecular complexity index is 326. The molecule has 1 fully saturated rings. The highest BCUT2D eigenvalue weighted by Gasteiger charge is 2.27. The van der Waals surface area contributed by atoms with Gasteiger partial charge in [-0.05, 0) is 19.8 Å². The molecule has 2 rings (SSSR count). The molecule has 1 aliphatic heterocycles. The molecule has 15 heavy (non-hydrogen) atoms. The first-order valence-corrected chi connectivity index (χ1v) is 5.12. The number of anilines is 2. The summed E-state index contributed by atoms with van der Waals surface area (Å²) >= 11 is 0. The number of piperidine rings is 1. The van der Waals surface area contributed by atoms with Gasteiger partial charge in [0, 0.05) is 13.1 Å². The topological polar surface area (TPSA) is 75.3 Å². The Balaban J connectivity index is 2.04. The highest BCUT2D eigenvalue weighted by atomic mass is 16.3. The molecule has 5 nitrogen and oxygen atoms in total. The minimum atomic E-state index is -0.530. The molecule has 1 saturated heterocycles. The van der Waals surface area contributed by atoms with Crippen molar-refractivity contribution in [1.29, 1.82) is 0 Å². The molecule has 0 aliphatic carbocycles. The van der Waals surface area contributed by atoms with Gasteiger partial charge < -0.3 is 15.7 Å². The molecule has 0 unspecified atom stereocenters. The normalized spacial score (nSPS) is 20.3. The number of aliphatic hydroxyl groups is 1. The van der Waals surface area contributed by atoms with E-state index in [0.29, 0.717) is 5.82 Å². The Morgan fingerprint density at radius 3 is 2.53 bits per heavy atom. The summed E-state index contributed by atoms with van der Waals surface area (Å²) in [6, 6.07) is 0. The van der Waals surface area contributed by atoms with E-state index in [1.54, 1.807) is 12.4 Å². The number of nitrogens with zero attached hydrogens (tertiary/aromatic N) is 3. The van der Waals surface area contributed by atoms with Gasteiger partial charge in [-0.25, -0.2) is 9.97 Å². The number of rotatable bonds is 1. The molecular formula is C10H16N4O. The van der Waals surface area contributed by atoms with E-state index in [0.717, 1.165) is 31.7 Å². The van der Waals surface area contributed by atoms with Gasteiger partial charge >= 0.3 is 0 Å². The van der Waals surface area contributed by atoms with Crippen LogP contribution in [-0.2, 0) is 0 Å². The van der Waals surface area contributed by atoms with Crippen LogP contribution in [0.2, 0.25) is 0 Å². The van der Waals surface area contributed by atoms with Crippen LogP contribution >= 0.6 is 0 Å². The fraction of sp³-hybridized carbons (Fsp3) is 0.600. The van der Waals surface area contributed by atoms with Crippen molar-refractivity contribution in [1.82, 2.24) is 9.97 Å². The van der Waals surface area contributed by atoms with Crippen molar-refractivity contribution in [3.63, 3.8) is 0 Å². The largest absolute Gasteiger partial charge is 0.390 e. The average molecular weight is 208 g/mol. The van der Waals surface area contributed by atoms with Gasteiger partial charge in [-0.3, -0.25) is 0 Å². The van der Waals surface area contributed by atoms with Crippen LogP contribution in [0.15, 0.2) is 12.4 Å². The van der Waals surface area contributed by atoms with E-state index in [1.165, 1.54) is 0 Å². The molecule has 82 valence electrons. The Kier molecular flexibility index (Phi) is 2.48. The maximum Gasteiger partial charge on any atom is 0.147 e. The van der Waals surface area contributed by atoms with Crippen LogP contribution in [0.4, 0.5) is 11.6 Å². The number of hydrogen-bond donors (Lipinski definition) is 2. The lowest BCUT2D eigenvalue weighted by atomic mass is 9.94. The summed E-state index contributed by atoms with van der Waals surface area (Å²) in [6.45, 7) is 3.50. The Morgan fingerprint density at radius 2 is 2.00 bits per heavy atom. The van der Waals surface area contributed by atoms with E-state index in [-0.39, 0.29) is 0 Å². The van der Waals surface area contributed by atoms with Gasteiger partial charge in [-0.15, -0.1) is 0 Å². The predicted molar refractivity (Wildman–Crippen MR) is 58.5 cm³/mol. The van der Waals surface area contributed by atoms with Gasteiger partial charge in [-0.1, -0.05) is 0 Å². The highest BCUT2D eigenvalue weighted by Crippen LogP contribution is 2.24. The Hall–Kier alpha value is -1.36. The van der Waals surface area contributed by atoms with Gasteiger partial charge in [0.2, 0.25) is 0 Å². The third-order valence-electron chi connectivity index (χ3n) is 2.82. The van der Waals surface area contributed by atoms with Gasteiger partial charge in [0.05, 0.1) is 18.0 Å². The highest BCUT2D eigenvalue weighted by molar-refractivity contribution is 5.39. The quantitative estimate of drug-likeness (QED) is 0.699. The molecule has 0 radical (unpaired) electrons. The summed E-state index contributed by atoms with van der Waals surface area (Å²) < 4.78 is 0. The zero-order chi connectivity index (χ0) is 10.9. The molecule has 0 atom stereocenters. The minimum Gasteiger partial charge on any atom is -0.390 e. The summed E-state index contributed by atoms with van der Waals surface area (Å²) in [7, 11) is 0. The van der Waals surface area contributed by atoms with E-state index < -0.39 is 5.60 Å². The fourth-order valence-electron chi connectivity index (χ4n) is 1.71. The second-order valence-electron chi connectivity index (χ2n) is 4.28. The van der Waals surface area contributed by atoms with Crippen molar-refractivity contribution in [2.75, 3.05) is 23.7 Å². The molecule has 0 aromatic carbocycles. The van der Waals surface area contributed by atoms with Gasteiger partial charge in [-0.2, -0.15) is 0 Å². The second-order valence-corrected chi connectivity index (χ2v) is 4.28. The molecule has 2 heterocycles. The third-order valence-corrected chi connectivity index (χ3v) is 2.82. The molecular weight excluding hydrogens is 192 g/mol. The summed E-state index contributed by atoms with van der Waals surface area (Å²) in [5.41, 5.74) is 4.94. The standard InChI is InChI=1S/C10H16N4O/c1-10(15)2-4-14(5-3-10)9-7-12-8(11)6-13-9/h6-7,15H,2-5H2,1H3,(H2,11,12). The third kappa shape index (κ3) is 2.36. The van der Waals surface area contributed by atoms with Crippen molar-refractivity contribution < 1.29 is 5.11 Å². The molecule has 1 aromatic heterocycles. The number of aromatic nitrogens is 2. The van der Waals surface area contributed by atoms with E-state index in [1.807, 2.05) is 6.92 Å². The molecule has 1 aromatic rings. The number of nitrogen functional groups attached to an aromatic ring is 1. The molecule has 3 N–H and O–H groups in total. The van der Waals surface area contributed by atoms with E-state index in [2.05, 4.69) is 14.9 Å². The van der Waals surface area contributed by atoms with Crippen molar-refractivity contribution >= 4 is 11.6 Å². The van der Waals surface area contributed by atoms with Crippen LogP contribution < -0.4 is 10.6 Å². The summed E-state index contributed by atoms with van der Waals surface area (Å²) in [4.78, 5) is 10.3. The summed E-state index contributed by atoms with van der Waals surface area (Å²) in [5, 5.41) is 9.80. The first-order chi connectivity index (χ1) is 7.07. The smallest absolute Gasteiger partial charge is 0.147 e. The molecule has 0 saturated carbocycles. The summed E-state index contributed by atoms with van der Waals surface area (Å²) in [6.07, 6.45) is 4.76. The summed E-state index contributed by atoms with van der Waals surface area (Å²) in [5.74, 6) is 1.27. The van der Waals surface area contributed by atoms with Gasteiger partial charge in [0.25, 0.3) is 0 Å². The maximum absolute atomic E-state index is 9.80. The predicted octanol–water partition coefficient (Wildman–Crippen LogP) is 0.410. The minimum absolute atomic E-state index is 0.433. The molecule has 5 heteroatoms. The van der Waals surface area contributed by atoms with Crippen LogP contribution in [0, 0.1) is 0 Å². The Morgan fingerprint density at radius 1 is 1.33 bits per heavy atom. The first kappa shape index (κ1) is 10.2. The average Bonchev–Trinajstić information content (AvgIpc) is 2.20. The second kappa shape index (κ2) is 3.66. The van der Waals surface area contributed by atoms with Crippen molar-refractivity contribution in [3.05, 3.63) is 12.4 Å². The van der Waals surface area contributed by atoms with Crippen LogP contribution in [0.1, 0.15) is 19.8 Å². The van der Waals surface area contributed by atoms with E-state index >= 15 is 0 Å². The van der Waals surface area contributed by atoms with E-state index in [9.17, 15) is 5.11 Å². The van der Waals surface area contributed by atoms with Crippen LogP contribution in [0.25, 0.3) is 0 Å². The van der Waals surface area contributed by atoms with Gasteiger partial charge in [0.15, 0.2) is 0 Å². The van der Waals surface area contributed by atoms with Crippen LogP contribution in [0.5, 0.6) is 0 Å². The zero-order valence-corrected chi connectivity index (χ0v) is 8.85. The lowest BCUT2D eigenvalue weighted by molar-refractivity contribution is 0.0350. The maximum atomic E-state index is 9.80. The van der Waals surface area contributed by atoms with Crippen molar-refractivity contribution in [3.8, 4) is 0 Å². The van der Waals surface area contributed by atoms with E-state index in [4.69, 9.17) is 5.73 Å². The van der Waals surface area contributed by atoms with Crippen LogP contribution in [-0.4, -0.2) is 33.8 Å². The lowest BCUT2D eigenvalue weighted by Crippen LogP contribution is -2.42. The fourth-order valence-corrected chi connectivity index (χ4v) is 1.71. The van der Waals surface area contributed by atoms with Crippen LogP contribution in [0.3, 0.4) is 0 Å². The molecule has 0 bridgehead atoms. The zero-order valence-electron chi connectivity index (χ0n) is 8.85. The van der Waals surface area contributed by atoms with Crippen molar-refractivity contribution in [2.45, 2.75) is 25.4 Å². The SMILES string of the molecule is CC1(O)CCN(c2cnc(N)cn2)CC1. The molecule has 1 aliphatic rings. The van der Waals surface area contributed by atoms with Crippen molar-refractivity contribution in [2.24, 2.45) is 0 Å². The first-order valence-electron chi connectivity index (χ1n) is 5.12. The lowest BCUT2D eigenvalue weighted by Gasteiger charge is -2.36. The Labute approximate surface area is 88.9 Å². The molecule has 0 spiro atoms. The number of nitrogens with two attached hydrogens (primary N) is 1.